The molecule has 1 heterocycles. The molecule has 0 atom stereocenters. The van der Waals surface area contributed by atoms with Gasteiger partial charge in [-0.05, 0) is 18.2 Å². The van der Waals surface area contributed by atoms with E-state index in [0.717, 1.165) is 0 Å². The van der Waals surface area contributed by atoms with Crippen molar-refractivity contribution < 1.29 is 4.74 Å². The molecule has 6 heteroatoms. The van der Waals surface area contributed by atoms with Gasteiger partial charge in [0.25, 0.3) is 0 Å². The SMILES string of the molecule is Clc1ccc(Cl)c(Oc2ccc(Cl)nn2)c1. The lowest BCUT2D eigenvalue weighted by Crippen LogP contribution is -1.90. The van der Waals surface area contributed by atoms with Crippen molar-refractivity contribution in [3.05, 3.63) is 45.5 Å². The molecule has 0 bridgehead atoms. The molecule has 3 nitrogen and oxygen atoms in total. The summed E-state index contributed by atoms with van der Waals surface area (Å²) in [5, 5.41) is 8.65. The van der Waals surface area contributed by atoms with Crippen LogP contribution in [0.15, 0.2) is 30.3 Å². The van der Waals surface area contributed by atoms with E-state index >= 15 is 0 Å². The Bertz CT molecular complexity index is 502. The van der Waals surface area contributed by atoms with Gasteiger partial charge in [-0.25, -0.2) is 0 Å². The molecule has 0 amide bonds. The number of halogens is 3. The molecule has 82 valence electrons. The highest BCUT2D eigenvalue weighted by atomic mass is 35.5. The van der Waals surface area contributed by atoms with Crippen molar-refractivity contribution in [2.75, 3.05) is 0 Å². The molecule has 2 rings (SSSR count). The number of ether oxygens (including phenoxy) is 1. The van der Waals surface area contributed by atoms with Gasteiger partial charge in [0.2, 0.25) is 5.88 Å². The summed E-state index contributed by atoms with van der Waals surface area (Å²) in [5.74, 6) is 0.722. The van der Waals surface area contributed by atoms with E-state index in [1.54, 1.807) is 30.3 Å². The molecule has 0 aliphatic heterocycles. The van der Waals surface area contributed by atoms with Crippen molar-refractivity contribution in [3.8, 4) is 11.6 Å². The second-order valence-electron chi connectivity index (χ2n) is 2.87. The quantitative estimate of drug-likeness (QED) is 0.822. The van der Waals surface area contributed by atoms with Crippen molar-refractivity contribution in [2.24, 2.45) is 0 Å². The number of benzene rings is 1. The molecule has 0 saturated heterocycles. The lowest BCUT2D eigenvalue weighted by atomic mass is 10.3. The Kier molecular flexibility index (Phi) is 3.49. The first kappa shape index (κ1) is 11.5. The van der Waals surface area contributed by atoms with Crippen LogP contribution >= 0.6 is 34.8 Å². The maximum Gasteiger partial charge on any atom is 0.239 e. The first-order valence-corrected chi connectivity index (χ1v) is 5.41. The van der Waals surface area contributed by atoms with Gasteiger partial charge in [0.15, 0.2) is 5.15 Å². The highest BCUT2D eigenvalue weighted by molar-refractivity contribution is 6.34. The van der Waals surface area contributed by atoms with Gasteiger partial charge < -0.3 is 4.74 Å². The van der Waals surface area contributed by atoms with Gasteiger partial charge in [0.05, 0.1) is 5.02 Å². The van der Waals surface area contributed by atoms with Crippen LogP contribution in [0.2, 0.25) is 15.2 Å². The Balaban J connectivity index is 2.26. The van der Waals surface area contributed by atoms with Crippen molar-refractivity contribution in [3.63, 3.8) is 0 Å². The fourth-order valence-corrected chi connectivity index (χ4v) is 1.45. The minimum absolute atomic E-state index is 0.296. The Morgan fingerprint density at radius 1 is 0.938 bits per heavy atom. The van der Waals surface area contributed by atoms with Crippen LogP contribution in [0.3, 0.4) is 0 Å². The Morgan fingerprint density at radius 2 is 1.75 bits per heavy atom. The average Bonchev–Trinajstić information content (AvgIpc) is 2.27. The summed E-state index contributed by atoms with van der Waals surface area (Å²) in [7, 11) is 0. The third-order valence-corrected chi connectivity index (χ3v) is 2.46. The first-order chi connectivity index (χ1) is 7.65. The predicted octanol–water partition coefficient (Wildman–Crippen LogP) is 4.23. The van der Waals surface area contributed by atoms with Crippen LogP contribution in [-0.2, 0) is 0 Å². The number of rotatable bonds is 2. The van der Waals surface area contributed by atoms with Gasteiger partial charge in [0.1, 0.15) is 5.75 Å². The van der Waals surface area contributed by atoms with Crippen LogP contribution in [0, 0.1) is 0 Å². The monoisotopic (exact) mass is 274 g/mol. The maximum atomic E-state index is 5.92. The third-order valence-electron chi connectivity index (χ3n) is 1.72. The molecule has 0 aliphatic rings. The third kappa shape index (κ3) is 2.76. The lowest BCUT2D eigenvalue weighted by Gasteiger charge is -2.05. The number of hydrogen-bond acceptors (Lipinski definition) is 3. The average molecular weight is 276 g/mol. The Hall–Kier alpha value is -1.03. The van der Waals surface area contributed by atoms with E-state index in [1.165, 1.54) is 0 Å². The van der Waals surface area contributed by atoms with E-state index < -0.39 is 0 Å². The molecular weight excluding hydrogens is 270 g/mol. The predicted molar refractivity (Wildman–Crippen MR) is 63.6 cm³/mol. The fraction of sp³-hybridized carbons (Fsp3) is 0. The van der Waals surface area contributed by atoms with E-state index in [1.807, 2.05) is 0 Å². The van der Waals surface area contributed by atoms with Gasteiger partial charge in [-0.2, -0.15) is 0 Å². The molecule has 2 aromatic rings. The standard InChI is InChI=1S/C10H5Cl3N2O/c11-6-1-2-7(12)8(5-6)16-10-4-3-9(13)14-15-10/h1-5H. The summed E-state index contributed by atoms with van der Waals surface area (Å²) in [5.41, 5.74) is 0. The number of aromatic nitrogens is 2. The highest BCUT2D eigenvalue weighted by Gasteiger charge is 2.05. The van der Waals surface area contributed by atoms with Crippen LogP contribution in [0.25, 0.3) is 0 Å². The van der Waals surface area contributed by atoms with E-state index in [4.69, 9.17) is 39.5 Å². The van der Waals surface area contributed by atoms with Crippen LogP contribution in [0.1, 0.15) is 0 Å². The maximum absolute atomic E-state index is 5.92. The molecule has 0 unspecified atom stereocenters. The zero-order valence-corrected chi connectivity index (χ0v) is 10.1. The minimum atomic E-state index is 0.296. The molecule has 0 fully saturated rings. The molecule has 0 spiro atoms. The summed E-state index contributed by atoms with van der Waals surface area (Å²) in [4.78, 5) is 0. The van der Waals surface area contributed by atoms with Crippen LogP contribution in [0.5, 0.6) is 11.6 Å². The van der Waals surface area contributed by atoms with Crippen molar-refractivity contribution in [1.82, 2.24) is 10.2 Å². The smallest absolute Gasteiger partial charge is 0.239 e. The van der Waals surface area contributed by atoms with Crippen molar-refractivity contribution in [2.45, 2.75) is 0 Å². The Labute approximate surface area is 107 Å². The van der Waals surface area contributed by atoms with Gasteiger partial charge in [-0.15, -0.1) is 10.2 Å². The van der Waals surface area contributed by atoms with Crippen LogP contribution in [0.4, 0.5) is 0 Å². The second-order valence-corrected chi connectivity index (χ2v) is 4.10. The van der Waals surface area contributed by atoms with Crippen molar-refractivity contribution in [1.29, 1.82) is 0 Å². The van der Waals surface area contributed by atoms with E-state index in [0.29, 0.717) is 26.8 Å². The second kappa shape index (κ2) is 4.87. The molecule has 0 N–H and O–H groups in total. The zero-order chi connectivity index (χ0) is 11.5. The molecule has 0 aliphatic carbocycles. The molecule has 0 saturated carbocycles. The van der Waals surface area contributed by atoms with E-state index in [-0.39, 0.29) is 0 Å². The largest absolute Gasteiger partial charge is 0.436 e. The molecular formula is C10H5Cl3N2O. The van der Waals surface area contributed by atoms with Crippen LogP contribution < -0.4 is 4.74 Å². The normalized spacial score (nSPS) is 10.2. The number of hydrogen-bond donors (Lipinski definition) is 0. The van der Waals surface area contributed by atoms with Crippen LogP contribution in [-0.4, -0.2) is 10.2 Å². The van der Waals surface area contributed by atoms with Gasteiger partial charge in [-0.1, -0.05) is 34.8 Å². The minimum Gasteiger partial charge on any atom is -0.436 e. The lowest BCUT2D eigenvalue weighted by molar-refractivity contribution is 0.455. The van der Waals surface area contributed by atoms with Gasteiger partial charge in [0, 0.05) is 17.2 Å². The highest BCUT2D eigenvalue weighted by Crippen LogP contribution is 2.30. The summed E-state index contributed by atoms with van der Waals surface area (Å²) in [6, 6.07) is 8.07. The zero-order valence-electron chi connectivity index (χ0n) is 7.82. The summed E-state index contributed by atoms with van der Waals surface area (Å²) < 4.78 is 5.40. The van der Waals surface area contributed by atoms with Gasteiger partial charge in [-0.3, -0.25) is 0 Å². The summed E-state index contributed by atoms with van der Waals surface area (Å²) in [6.45, 7) is 0. The molecule has 1 aromatic heterocycles. The van der Waals surface area contributed by atoms with Gasteiger partial charge >= 0.3 is 0 Å². The summed E-state index contributed by atoms with van der Waals surface area (Å²) >= 11 is 17.3. The van der Waals surface area contributed by atoms with Crippen molar-refractivity contribution >= 4 is 34.8 Å². The number of nitrogens with zero attached hydrogens (tertiary/aromatic N) is 2. The fourth-order valence-electron chi connectivity index (χ4n) is 1.03. The van der Waals surface area contributed by atoms with E-state index in [9.17, 15) is 0 Å². The molecule has 0 radical (unpaired) electrons. The summed E-state index contributed by atoms with van der Waals surface area (Å²) in [6.07, 6.45) is 0. The topological polar surface area (TPSA) is 35.0 Å². The molecule has 1 aromatic carbocycles. The Morgan fingerprint density at radius 3 is 2.44 bits per heavy atom. The van der Waals surface area contributed by atoms with E-state index in [2.05, 4.69) is 10.2 Å². The first-order valence-electron chi connectivity index (χ1n) is 4.27. The molecule has 16 heavy (non-hydrogen) atoms.